The fourth-order valence-corrected chi connectivity index (χ4v) is 2.95. The first kappa shape index (κ1) is 13.8. The van der Waals surface area contributed by atoms with Crippen molar-refractivity contribution in [3.8, 4) is 0 Å². The van der Waals surface area contributed by atoms with Gasteiger partial charge in [-0.05, 0) is 25.8 Å². The highest BCUT2D eigenvalue weighted by Crippen LogP contribution is 2.43. The molecule has 6 nitrogen and oxygen atoms in total. The minimum Gasteiger partial charge on any atom is -0.469 e. The number of furan rings is 1. The molecule has 1 aliphatic rings. The maximum atomic E-state index is 12.1. The smallest absolute Gasteiger partial charge is 0.350 e. The molecule has 1 amide bonds. The number of esters is 1. The van der Waals surface area contributed by atoms with E-state index in [1.807, 2.05) is 0 Å². The molecule has 0 bridgehead atoms. The van der Waals surface area contributed by atoms with Crippen molar-refractivity contribution in [2.24, 2.45) is 0 Å². The molecule has 0 aliphatic heterocycles. The van der Waals surface area contributed by atoms with Gasteiger partial charge in [0.15, 0.2) is 5.13 Å². The van der Waals surface area contributed by atoms with E-state index in [9.17, 15) is 9.59 Å². The monoisotopic (exact) mass is 306 g/mol. The molecule has 1 N–H and O–H groups in total. The van der Waals surface area contributed by atoms with Crippen LogP contribution in [-0.2, 0) is 4.74 Å². The van der Waals surface area contributed by atoms with Gasteiger partial charge in [-0.1, -0.05) is 11.3 Å². The molecule has 0 aromatic carbocycles. The van der Waals surface area contributed by atoms with E-state index in [2.05, 4.69) is 10.3 Å². The standard InChI is InChI=1S/C14H14N2O4S/c1-7-5-9(6-20-7)12(17)16-14-15-10(8-3-4-8)11(21-14)13(18)19-2/h5-6,8H,3-4H2,1-2H3,(H,15,16,17). The highest BCUT2D eigenvalue weighted by atomic mass is 32.1. The van der Waals surface area contributed by atoms with Crippen LogP contribution in [0.3, 0.4) is 0 Å². The van der Waals surface area contributed by atoms with E-state index in [0.717, 1.165) is 29.9 Å². The Kier molecular flexibility index (Phi) is 3.50. The topological polar surface area (TPSA) is 81.4 Å². The van der Waals surface area contributed by atoms with Crippen LogP contribution in [0.15, 0.2) is 16.7 Å². The van der Waals surface area contributed by atoms with Gasteiger partial charge in [0.25, 0.3) is 5.91 Å². The third-order valence-electron chi connectivity index (χ3n) is 3.20. The molecule has 0 unspecified atom stereocenters. The lowest BCUT2D eigenvalue weighted by Crippen LogP contribution is -2.10. The second-order valence-corrected chi connectivity index (χ2v) is 5.90. The van der Waals surface area contributed by atoms with E-state index in [0.29, 0.717) is 27.3 Å². The van der Waals surface area contributed by atoms with Crippen LogP contribution in [0.1, 0.15) is 50.2 Å². The average Bonchev–Trinajstić information content (AvgIpc) is 3.09. The molecule has 2 aromatic rings. The minimum absolute atomic E-state index is 0.303. The Morgan fingerprint density at radius 3 is 2.81 bits per heavy atom. The molecule has 1 aliphatic carbocycles. The summed E-state index contributed by atoms with van der Waals surface area (Å²) in [5.74, 6) is 0.249. The Balaban J connectivity index is 1.82. The summed E-state index contributed by atoms with van der Waals surface area (Å²) >= 11 is 1.14. The molecule has 21 heavy (non-hydrogen) atoms. The van der Waals surface area contributed by atoms with Gasteiger partial charge in [0.1, 0.15) is 16.9 Å². The SMILES string of the molecule is COC(=O)c1sc(NC(=O)c2coc(C)c2)nc1C1CC1. The predicted molar refractivity (Wildman–Crippen MR) is 76.8 cm³/mol. The molecule has 2 heterocycles. The first-order valence-electron chi connectivity index (χ1n) is 6.54. The summed E-state index contributed by atoms with van der Waals surface area (Å²) in [6.07, 6.45) is 3.42. The van der Waals surface area contributed by atoms with Crippen molar-refractivity contribution in [2.45, 2.75) is 25.7 Å². The van der Waals surface area contributed by atoms with Gasteiger partial charge in [-0.3, -0.25) is 10.1 Å². The van der Waals surface area contributed by atoms with Gasteiger partial charge in [0, 0.05) is 5.92 Å². The number of anilines is 1. The predicted octanol–water partition coefficient (Wildman–Crippen LogP) is 2.96. The fourth-order valence-electron chi connectivity index (χ4n) is 1.99. The molecule has 0 atom stereocenters. The zero-order valence-electron chi connectivity index (χ0n) is 11.6. The summed E-state index contributed by atoms with van der Waals surface area (Å²) < 4.78 is 9.87. The van der Waals surface area contributed by atoms with Crippen LogP contribution >= 0.6 is 11.3 Å². The minimum atomic E-state index is -0.408. The number of nitrogens with one attached hydrogen (secondary N) is 1. The first-order valence-corrected chi connectivity index (χ1v) is 7.35. The van der Waals surface area contributed by atoms with Crippen LogP contribution in [0, 0.1) is 6.92 Å². The van der Waals surface area contributed by atoms with Crippen molar-refractivity contribution in [2.75, 3.05) is 12.4 Å². The summed E-state index contributed by atoms with van der Waals surface area (Å²) in [5, 5.41) is 3.10. The van der Waals surface area contributed by atoms with Gasteiger partial charge in [-0.15, -0.1) is 0 Å². The fraction of sp³-hybridized carbons (Fsp3) is 0.357. The van der Waals surface area contributed by atoms with Crippen LogP contribution in [0.2, 0.25) is 0 Å². The number of aromatic nitrogens is 1. The number of hydrogen-bond donors (Lipinski definition) is 1. The number of amides is 1. The summed E-state index contributed by atoms with van der Waals surface area (Å²) in [4.78, 5) is 28.7. The lowest BCUT2D eigenvalue weighted by atomic mass is 10.2. The van der Waals surface area contributed by atoms with Crippen LogP contribution in [-0.4, -0.2) is 24.0 Å². The molecule has 0 spiro atoms. The molecule has 2 aromatic heterocycles. The van der Waals surface area contributed by atoms with Crippen molar-refractivity contribution in [1.82, 2.24) is 4.98 Å². The number of methoxy groups -OCH3 is 1. The van der Waals surface area contributed by atoms with Gasteiger partial charge >= 0.3 is 5.97 Å². The van der Waals surface area contributed by atoms with E-state index in [4.69, 9.17) is 9.15 Å². The second-order valence-electron chi connectivity index (χ2n) is 4.90. The Morgan fingerprint density at radius 1 is 1.48 bits per heavy atom. The first-order chi connectivity index (χ1) is 10.1. The number of nitrogens with zero attached hydrogens (tertiary/aromatic N) is 1. The van der Waals surface area contributed by atoms with Crippen molar-refractivity contribution in [1.29, 1.82) is 0 Å². The Hall–Kier alpha value is -2.15. The molecule has 0 saturated heterocycles. The summed E-state index contributed by atoms with van der Waals surface area (Å²) in [5.41, 5.74) is 1.15. The molecular formula is C14H14N2O4S. The number of ether oxygens (including phenoxy) is 1. The molecule has 3 rings (SSSR count). The van der Waals surface area contributed by atoms with Crippen LogP contribution in [0.5, 0.6) is 0 Å². The maximum absolute atomic E-state index is 12.1. The number of carbonyl (C=O) groups is 2. The molecule has 1 saturated carbocycles. The molecule has 0 radical (unpaired) electrons. The molecule has 110 valence electrons. The van der Waals surface area contributed by atoms with Crippen LogP contribution in [0.4, 0.5) is 5.13 Å². The average molecular weight is 306 g/mol. The Morgan fingerprint density at radius 2 is 2.24 bits per heavy atom. The number of carbonyl (C=O) groups excluding carboxylic acids is 2. The van der Waals surface area contributed by atoms with E-state index in [-0.39, 0.29) is 5.91 Å². The van der Waals surface area contributed by atoms with Gasteiger partial charge in [-0.2, -0.15) is 0 Å². The third kappa shape index (κ3) is 2.82. The normalized spacial score (nSPS) is 14.0. The highest BCUT2D eigenvalue weighted by molar-refractivity contribution is 7.17. The maximum Gasteiger partial charge on any atom is 0.350 e. The van der Waals surface area contributed by atoms with Gasteiger partial charge in [0.05, 0.1) is 18.4 Å². The summed E-state index contributed by atoms with van der Waals surface area (Å²) in [6.45, 7) is 1.76. The van der Waals surface area contributed by atoms with Crippen molar-refractivity contribution in [3.05, 3.63) is 34.2 Å². The lowest BCUT2D eigenvalue weighted by Gasteiger charge is -1.97. The van der Waals surface area contributed by atoms with E-state index in [1.165, 1.54) is 13.4 Å². The third-order valence-corrected chi connectivity index (χ3v) is 4.17. The van der Waals surface area contributed by atoms with E-state index in [1.54, 1.807) is 13.0 Å². The summed E-state index contributed by atoms with van der Waals surface area (Å²) in [6, 6.07) is 1.64. The zero-order valence-corrected chi connectivity index (χ0v) is 12.5. The van der Waals surface area contributed by atoms with Crippen molar-refractivity contribution < 1.29 is 18.7 Å². The van der Waals surface area contributed by atoms with Crippen LogP contribution in [0.25, 0.3) is 0 Å². The van der Waals surface area contributed by atoms with Crippen molar-refractivity contribution >= 4 is 28.3 Å². The van der Waals surface area contributed by atoms with Gasteiger partial charge < -0.3 is 9.15 Å². The zero-order chi connectivity index (χ0) is 15.0. The van der Waals surface area contributed by atoms with Crippen LogP contribution < -0.4 is 5.32 Å². The molecule has 7 heteroatoms. The highest BCUT2D eigenvalue weighted by Gasteiger charge is 2.32. The van der Waals surface area contributed by atoms with Gasteiger partial charge in [0.2, 0.25) is 0 Å². The number of aryl methyl sites for hydroxylation is 1. The van der Waals surface area contributed by atoms with E-state index >= 15 is 0 Å². The van der Waals surface area contributed by atoms with Gasteiger partial charge in [-0.25, -0.2) is 9.78 Å². The number of hydrogen-bond acceptors (Lipinski definition) is 6. The lowest BCUT2D eigenvalue weighted by molar-refractivity contribution is 0.0604. The molecule has 1 fully saturated rings. The number of rotatable bonds is 4. The number of thiazole rings is 1. The Labute approximate surface area is 125 Å². The second kappa shape index (κ2) is 5.33. The summed E-state index contributed by atoms with van der Waals surface area (Å²) in [7, 11) is 1.34. The van der Waals surface area contributed by atoms with E-state index < -0.39 is 5.97 Å². The Bertz CT molecular complexity index is 700. The van der Waals surface area contributed by atoms with Crippen molar-refractivity contribution in [3.63, 3.8) is 0 Å². The quantitative estimate of drug-likeness (QED) is 0.878. The largest absolute Gasteiger partial charge is 0.469 e. The molecular weight excluding hydrogens is 292 g/mol.